The highest BCUT2D eigenvalue weighted by atomic mass is 32.2. The van der Waals surface area contributed by atoms with E-state index >= 15 is 0 Å². The Bertz CT molecular complexity index is 831. The summed E-state index contributed by atoms with van der Waals surface area (Å²) < 4.78 is 18.9. The number of carbonyl (C=O) groups is 1. The van der Waals surface area contributed by atoms with Crippen molar-refractivity contribution in [2.24, 2.45) is 0 Å². The quantitative estimate of drug-likeness (QED) is 0.668. The first kappa shape index (κ1) is 17.3. The highest BCUT2D eigenvalue weighted by molar-refractivity contribution is 7.99. The molecular weight excluding hydrogens is 339 g/mol. The summed E-state index contributed by atoms with van der Waals surface area (Å²) in [4.78, 5) is 16.0. The van der Waals surface area contributed by atoms with Gasteiger partial charge in [0.05, 0.1) is 5.75 Å². The van der Waals surface area contributed by atoms with Crippen molar-refractivity contribution in [1.29, 1.82) is 0 Å². The number of cyclic esters (lactones) is 1. The van der Waals surface area contributed by atoms with E-state index < -0.39 is 18.2 Å². The lowest BCUT2D eigenvalue weighted by Crippen LogP contribution is -2.19. The molecule has 1 aliphatic heterocycles. The number of alkyl carbamates (subject to hydrolysis) is 1. The molecule has 2 aromatic rings. The smallest absolute Gasteiger partial charge is 0.408 e. The van der Waals surface area contributed by atoms with Crippen molar-refractivity contribution in [3.8, 4) is 11.8 Å². The normalized spacial score (nSPS) is 18.9. The second kappa shape index (κ2) is 8.04. The van der Waals surface area contributed by atoms with Crippen LogP contribution >= 0.6 is 11.8 Å². The Balaban J connectivity index is 1.86. The number of benzene rings is 1. The number of ether oxygens (including phenoxy) is 1. The molecule has 6 heteroatoms. The van der Waals surface area contributed by atoms with Gasteiger partial charge >= 0.3 is 6.09 Å². The SMILES string of the molecule is CCSCC#Cc1cncc([C@H]2NC(=O)O[C@@H]2c2cccc(F)c2)c1. The Morgan fingerprint density at radius 2 is 2.20 bits per heavy atom. The van der Waals surface area contributed by atoms with Gasteiger partial charge in [0.1, 0.15) is 11.9 Å². The van der Waals surface area contributed by atoms with E-state index in [1.807, 2.05) is 6.07 Å². The van der Waals surface area contributed by atoms with E-state index in [0.29, 0.717) is 5.56 Å². The molecule has 1 aromatic carbocycles. The molecule has 0 spiro atoms. The molecule has 1 aromatic heterocycles. The molecule has 0 unspecified atom stereocenters. The Hall–Kier alpha value is -2.52. The summed E-state index contributed by atoms with van der Waals surface area (Å²) in [5.74, 6) is 7.57. The van der Waals surface area contributed by atoms with Crippen molar-refractivity contribution in [2.75, 3.05) is 11.5 Å². The third-order valence-corrected chi connectivity index (χ3v) is 4.47. The van der Waals surface area contributed by atoms with E-state index in [9.17, 15) is 9.18 Å². The summed E-state index contributed by atoms with van der Waals surface area (Å²) in [7, 11) is 0. The molecule has 0 bridgehead atoms. The van der Waals surface area contributed by atoms with E-state index in [1.54, 1.807) is 36.3 Å². The van der Waals surface area contributed by atoms with Gasteiger partial charge in [0.2, 0.25) is 0 Å². The lowest BCUT2D eigenvalue weighted by molar-refractivity contribution is 0.132. The molecule has 0 radical (unpaired) electrons. The summed E-state index contributed by atoms with van der Waals surface area (Å²) in [6.45, 7) is 2.09. The van der Waals surface area contributed by atoms with Crippen LogP contribution in [0.5, 0.6) is 0 Å². The van der Waals surface area contributed by atoms with Crippen LogP contribution in [-0.4, -0.2) is 22.6 Å². The van der Waals surface area contributed by atoms with Crippen LogP contribution in [0.15, 0.2) is 42.7 Å². The Labute approximate surface area is 150 Å². The van der Waals surface area contributed by atoms with Crippen LogP contribution in [0.25, 0.3) is 0 Å². The van der Waals surface area contributed by atoms with E-state index in [1.165, 1.54) is 12.1 Å². The number of hydrogen-bond acceptors (Lipinski definition) is 4. The van der Waals surface area contributed by atoms with Crippen molar-refractivity contribution < 1.29 is 13.9 Å². The lowest BCUT2D eigenvalue weighted by Gasteiger charge is -2.17. The Morgan fingerprint density at radius 3 is 3.00 bits per heavy atom. The standard InChI is InChI=1S/C19H17FN2O2S/c1-2-25-8-4-5-13-9-15(12-21-11-13)17-18(24-19(23)22-17)14-6-3-7-16(20)10-14/h3,6-7,9-12,17-18H,2,8H2,1H3,(H,22,23)/t17-,18-/m1/s1. The van der Waals surface area contributed by atoms with Gasteiger partial charge in [-0.25, -0.2) is 9.18 Å². The average molecular weight is 356 g/mol. The van der Waals surface area contributed by atoms with Crippen molar-refractivity contribution in [2.45, 2.75) is 19.1 Å². The van der Waals surface area contributed by atoms with Crippen LogP contribution in [0.1, 0.15) is 35.8 Å². The Kier molecular flexibility index (Phi) is 5.56. The second-order valence-electron chi connectivity index (χ2n) is 5.45. The summed E-state index contributed by atoms with van der Waals surface area (Å²) in [6.07, 6.45) is 2.21. The molecule has 4 nitrogen and oxygen atoms in total. The first-order valence-electron chi connectivity index (χ1n) is 7.91. The number of pyridine rings is 1. The third kappa shape index (κ3) is 4.31. The molecule has 0 saturated carbocycles. The molecule has 1 aliphatic rings. The molecule has 1 N–H and O–H groups in total. The van der Waals surface area contributed by atoms with Crippen LogP contribution in [0.4, 0.5) is 9.18 Å². The summed E-state index contributed by atoms with van der Waals surface area (Å²) in [5, 5.41) is 2.77. The maximum atomic E-state index is 13.5. The molecular formula is C19H17FN2O2S. The lowest BCUT2D eigenvalue weighted by atomic mass is 9.97. The van der Waals surface area contributed by atoms with Gasteiger partial charge in [-0.3, -0.25) is 4.98 Å². The number of nitrogens with one attached hydrogen (secondary N) is 1. The van der Waals surface area contributed by atoms with Crippen LogP contribution < -0.4 is 5.32 Å². The van der Waals surface area contributed by atoms with Crippen LogP contribution in [-0.2, 0) is 4.74 Å². The average Bonchev–Trinajstić information content (AvgIpc) is 3.01. The zero-order valence-corrected chi connectivity index (χ0v) is 14.5. The number of amides is 1. The fourth-order valence-electron chi connectivity index (χ4n) is 2.61. The van der Waals surface area contributed by atoms with Gasteiger partial charge in [-0.05, 0) is 35.1 Å². The minimum Gasteiger partial charge on any atom is -0.439 e. The zero-order chi connectivity index (χ0) is 17.6. The topological polar surface area (TPSA) is 51.2 Å². The maximum absolute atomic E-state index is 13.5. The number of carbonyl (C=O) groups excluding carboxylic acids is 1. The van der Waals surface area contributed by atoms with Crippen molar-refractivity contribution in [3.05, 3.63) is 65.2 Å². The van der Waals surface area contributed by atoms with E-state index in [2.05, 4.69) is 29.1 Å². The Morgan fingerprint density at radius 1 is 1.32 bits per heavy atom. The zero-order valence-electron chi connectivity index (χ0n) is 13.7. The number of hydrogen-bond donors (Lipinski definition) is 1. The summed E-state index contributed by atoms with van der Waals surface area (Å²) in [5.41, 5.74) is 2.14. The highest BCUT2D eigenvalue weighted by Gasteiger charge is 2.36. The third-order valence-electron chi connectivity index (χ3n) is 3.72. The van der Waals surface area contributed by atoms with Crippen LogP contribution in [0, 0.1) is 17.7 Å². The molecule has 1 saturated heterocycles. The monoisotopic (exact) mass is 356 g/mol. The van der Waals surface area contributed by atoms with Crippen molar-refractivity contribution >= 4 is 17.9 Å². The highest BCUT2D eigenvalue weighted by Crippen LogP contribution is 2.36. The van der Waals surface area contributed by atoms with Gasteiger partial charge in [-0.2, -0.15) is 0 Å². The minimum absolute atomic E-state index is 0.370. The molecule has 1 fully saturated rings. The molecule has 1 amide bonds. The number of thioether (sulfide) groups is 1. The molecule has 25 heavy (non-hydrogen) atoms. The van der Waals surface area contributed by atoms with Gasteiger partial charge < -0.3 is 10.1 Å². The molecule has 0 aliphatic carbocycles. The largest absolute Gasteiger partial charge is 0.439 e. The van der Waals surface area contributed by atoms with Crippen LogP contribution in [0.3, 0.4) is 0 Å². The molecule has 128 valence electrons. The van der Waals surface area contributed by atoms with Gasteiger partial charge in [-0.1, -0.05) is 30.9 Å². The predicted molar refractivity (Wildman–Crippen MR) is 95.6 cm³/mol. The predicted octanol–water partition coefficient (Wildman–Crippen LogP) is 3.85. The first-order valence-corrected chi connectivity index (χ1v) is 9.07. The number of rotatable bonds is 4. The summed E-state index contributed by atoms with van der Waals surface area (Å²) in [6, 6.07) is 7.50. The van der Waals surface area contributed by atoms with Gasteiger partial charge in [-0.15, -0.1) is 11.8 Å². The second-order valence-corrected chi connectivity index (χ2v) is 6.72. The van der Waals surface area contributed by atoms with Gasteiger partial charge in [0.15, 0.2) is 6.10 Å². The number of aromatic nitrogens is 1. The molecule has 2 atom stereocenters. The summed E-state index contributed by atoms with van der Waals surface area (Å²) >= 11 is 1.75. The fraction of sp³-hybridized carbons (Fsp3) is 0.263. The molecule has 2 heterocycles. The first-order chi connectivity index (χ1) is 12.2. The van der Waals surface area contributed by atoms with Crippen molar-refractivity contribution in [1.82, 2.24) is 10.3 Å². The van der Waals surface area contributed by atoms with Gasteiger partial charge in [0.25, 0.3) is 0 Å². The fourth-order valence-corrected chi connectivity index (χ4v) is 2.99. The van der Waals surface area contributed by atoms with E-state index in [0.717, 1.165) is 22.6 Å². The molecule has 3 rings (SSSR count). The van der Waals surface area contributed by atoms with Crippen LogP contribution in [0.2, 0.25) is 0 Å². The minimum atomic E-state index is -0.608. The van der Waals surface area contributed by atoms with Crippen molar-refractivity contribution in [3.63, 3.8) is 0 Å². The maximum Gasteiger partial charge on any atom is 0.408 e. The van der Waals surface area contributed by atoms with E-state index in [4.69, 9.17) is 4.74 Å². The van der Waals surface area contributed by atoms with Gasteiger partial charge in [0, 0.05) is 18.0 Å². The number of halogens is 1. The van der Waals surface area contributed by atoms with E-state index in [-0.39, 0.29) is 5.82 Å². The number of nitrogens with zero attached hydrogens (tertiary/aromatic N) is 1.